The van der Waals surface area contributed by atoms with Crippen LogP contribution in [0.1, 0.15) is 21.5 Å². The quantitative estimate of drug-likeness (QED) is 0.481. The van der Waals surface area contributed by atoms with Crippen LogP contribution >= 0.6 is 12.2 Å². The molecule has 2 aromatic carbocycles. The fourth-order valence-electron chi connectivity index (χ4n) is 1.96. The minimum absolute atomic E-state index is 0.152. The van der Waals surface area contributed by atoms with Gasteiger partial charge in [0, 0.05) is 12.1 Å². The van der Waals surface area contributed by atoms with Gasteiger partial charge in [-0.3, -0.25) is 20.4 Å². The van der Waals surface area contributed by atoms with Crippen molar-refractivity contribution >= 4 is 29.1 Å². The molecule has 0 aliphatic carbocycles. The predicted molar refractivity (Wildman–Crippen MR) is 101 cm³/mol. The summed E-state index contributed by atoms with van der Waals surface area (Å²) < 4.78 is 0. The average Bonchev–Trinajstić information content (AvgIpc) is 2.64. The fourth-order valence-corrected chi connectivity index (χ4v) is 2.08. The first-order valence-corrected chi connectivity index (χ1v) is 8.17. The van der Waals surface area contributed by atoms with Crippen LogP contribution in [-0.2, 0) is 11.3 Å². The number of amides is 2. The number of nitrogens with one attached hydrogen (secondary N) is 4. The van der Waals surface area contributed by atoms with Crippen LogP contribution in [0, 0.1) is 6.92 Å². The third kappa shape index (κ3) is 6.60. The molecule has 0 heterocycles. The molecule has 25 heavy (non-hydrogen) atoms. The number of carbonyl (C=O) groups is 2. The second-order valence-corrected chi connectivity index (χ2v) is 5.80. The number of thiocarbonyl (C=S) groups is 1. The molecular formula is C18H20N4O2S. The van der Waals surface area contributed by atoms with Crippen LogP contribution in [0.4, 0.5) is 0 Å². The van der Waals surface area contributed by atoms with Crippen molar-refractivity contribution in [2.24, 2.45) is 0 Å². The van der Waals surface area contributed by atoms with Crippen LogP contribution in [0.5, 0.6) is 0 Å². The summed E-state index contributed by atoms with van der Waals surface area (Å²) in [5.41, 5.74) is 7.66. The minimum Gasteiger partial charge on any atom is -0.357 e. The molecule has 0 atom stereocenters. The molecule has 6 nitrogen and oxygen atoms in total. The van der Waals surface area contributed by atoms with E-state index in [1.807, 2.05) is 49.4 Å². The zero-order valence-corrected chi connectivity index (χ0v) is 14.7. The maximum Gasteiger partial charge on any atom is 0.257 e. The van der Waals surface area contributed by atoms with Gasteiger partial charge in [0.15, 0.2) is 5.11 Å². The summed E-state index contributed by atoms with van der Waals surface area (Å²) in [4.78, 5) is 23.6. The Balaban J connectivity index is 1.65. The molecule has 2 rings (SSSR count). The highest BCUT2D eigenvalue weighted by atomic mass is 32.1. The molecule has 0 radical (unpaired) electrons. The van der Waals surface area contributed by atoms with Gasteiger partial charge in [-0.15, -0.1) is 0 Å². The molecule has 0 aromatic heterocycles. The smallest absolute Gasteiger partial charge is 0.257 e. The third-order valence-electron chi connectivity index (χ3n) is 3.33. The second kappa shape index (κ2) is 9.39. The number of rotatable bonds is 5. The van der Waals surface area contributed by atoms with Crippen LogP contribution in [0.15, 0.2) is 54.6 Å². The Labute approximate surface area is 152 Å². The summed E-state index contributed by atoms with van der Waals surface area (Å²) >= 11 is 5.07. The average molecular weight is 356 g/mol. The largest absolute Gasteiger partial charge is 0.357 e. The first kappa shape index (κ1) is 18.4. The fraction of sp³-hybridized carbons (Fsp3) is 0.167. The van der Waals surface area contributed by atoms with E-state index in [1.54, 1.807) is 12.1 Å². The molecule has 2 aromatic rings. The maximum atomic E-state index is 11.9. The molecule has 0 fully saturated rings. The first-order valence-electron chi connectivity index (χ1n) is 7.76. The summed E-state index contributed by atoms with van der Waals surface area (Å²) in [6, 6.07) is 16.8. The van der Waals surface area contributed by atoms with E-state index in [-0.39, 0.29) is 12.5 Å². The highest BCUT2D eigenvalue weighted by molar-refractivity contribution is 7.80. The molecular weight excluding hydrogens is 336 g/mol. The van der Waals surface area contributed by atoms with Crippen molar-refractivity contribution in [1.82, 2.24) is 21.5 Å². The predicted octanol–water partition coefficient (Wildman–Crippen LogP) is 1.42. The van der Waals surface area contributed by atoms with Crippen molar-refractivity contribution in [2.45, 2.75) is 13.5 Å². The Morgan fingerprint density at radius 1 is 0.920 bits per heavy atom. The Morgan fingerprint density at radius 3 is 2.28 bits per heavy atom. The van der Waals surface area contributed by atoms with E-state index in [4.69, 9.17) is 12.2 Å². The highest BCUT2D eigenvalue weighted by Gasteiger charge is 2.07. The van der Waals surface area contributed by atoms with E-state index < -0.39 is 5.91 Å². The SMILES string of the molecule is Cc1ccc(C(=O)NCC(=O)NNC(=S)NCc2ccccc2)cc1. The molecule has 4 N–H and O–H groups in total. The van der Waals surface area contributed by atoms with Crippen molar-refractivity contribution in [3.8, 4) is 0 Å². The van der Waals surface area contributed by atoms with Crippen molar-refractivity contribution < 1.29 is 9.59 Å². The topological polar surface area (TPSA) is 82.3 Å². The third-order valence-corrected chi connectivity index (χ3v) is 3.58. The molecule has 0 spiro atoms. The summed E-state index contributed by atoms with van der Waals surface area (Å²) in [6.07, 6.45) is 0. The van der Waals surface area contributed by atoms with Crippen LogP contribution in [0.25, 0.3) is 0 Å². The lowest BCUT2D eigenvalue weighted by Crippen LogP contribution is -2.49. The van der Waals surface area contributed by atoms with E-state index in [0.29, 0.717) is 17.2 Å². The van der Waals surface area contributed by atoms with E-state index >= 15 is 0 Å². The van der Waals surface area contributed by atoms with Crippen LogP contribution in [0.2, 0.25) is 0 Å². The second-order valence-electron chi connectivity index (χ2n) is 5.39. The highest BCUT2D eigenvalue weighted by Crippen LogP contribution is 2.02. The van der Waals surface area contributed by atoms with Crippen molar-refractivity contribution in [3.05, 3.63) is 71.3 Å². The molecule has 0 aliphatic heterocycles. The maximum absolute atomic E-state index is 11.9. The Morgan fingerprint density at radius 2 is 1.60 bits per heavy atom. The Hall–Kier alpha value is -2.93. The summed E-state index contributed by atoms with van der Waals surface area (Å²) in [7, 11) is 0. The Kier molecular flexibility index (Phi) is 6.91. The molecule has 0 aliphatic rings. The molecule has 7 heteroatoms. The molecule has 0 saturated heterocycles. The van der Waals surface area contributed by atoms with Gasteiger partial charge in [0.2, 0.25) is 0 Å². The lowest BCUT2D eigenvalue weighted by atomic mass is 10.1. The summed E-state index contributed by atoms with van der Waals surface area (Å²) in [6.45, 7) is 2.34. The van der Waals surface area contributed by atoms with Crippen LogP contribution < -0.4 is 21.5 Å². The van der Waals surface area contributed by atoms with Gasteiger partial charge in [0.1, 0.15) is 0 Å². The van der Waals surface area contributed by atoms with E-state index in [9.17, 15) is 9.59 Å². The molecule has 0 unspecified atom stereocenters. The number of hydrogen-bond donors (Lipinski definition) is 4. The first-order chi connectivity index (χ1) is 12.0. The van der Waals surface area contributed by atoms with Gasteiger partial charge in [-0.25, -0.2) is 0 Å². The standard InChI is InChI=1S/C18H20N4O2S/c1-13-7-9-15(10-8-13)17(24)19-12-16(23)21-22-18(25)20-11-14-5-3-2-4-6-14/h2-10H,11-12H2,1H3,(H,19,24)(H,21,23)(H2,20,22,25). The van der Waals surface area contributed by atoms with Crippen LogP contribution in [-0.4, -0.2) is 23.5 Å². The molecule has 2 amide bonds. The van der Waals surface area contributed by atoms with Crippen molar-refractivity contribution in [2.75, 3.05) is 6.54 Å². The lowest BCUT2D eigenvalue weighted by molar-refractivity contribution is -0.120. The number of carbonyl (C=O) groups excluding carboxylic acids is 2. The number of aryl methyl sites for hydroxylation is 1. The molecule has 0 saturated carbocycles. The van der Waals surface area contributed by atoms with Gasteiger partial charge in [-0.05, 0) is 36.8 Å². The minimum atomic E-state index is -0.399. The van der Waals surface area contributed by atoms with Gasteiger partial charge in [-0.1, -0.05) is 48.0 Å². The van der Waals surface area contributed by atoms with E-state index in [2.05, 4.69) is 21.5 Å². The van der Waals surface area contributed by atoms with Crippen molar-refractivity contribution in [3.63, 3.8) is 0 Å². The molecule has 0 bridgehead atoms. The monoisotopic (exact) mass is 356 g/mol. The Bertz CT molecular complexity index is 733. The van der Waals surface area contributed by atoms with E-state index in [1.165, 1.54) is 0 Å². The van der Waals surface area contributed by atoms with Gasteiger partial charge in [-0.2, -0.15) is 0 Å². The van der Waals surface area contributed by atoms with E-state index in [0.717, 1.165) is 11.1 Å². The zero-order valence-electron chi connectivity index (χ0n) is 13.8. The number of hydrazine groups is 1. The van der Waals surface area contributed by atoms with Crippen molar-refractivity contribution in [1.29, 1.82) is 0 Å². The van der Waals surface area contributed by atoms with Crippen LogP contribution in [0.3, 0.4) is 0 Å². The normalized spacial score (nSPS) is 9.80. The molecule has 130 valence electrons. The number of benzene rings is 2. The van der Waals surface area contributed by atoms with Gasteiger partial charge in [0.05, 0.1) is 6.54 Å². The zero-order chi connectivity index (χ0) is 18.1. The van der Waals surface area contributed by atoms with Gasteiger partial charge >= 0.3 is 0 Å². The lowest BCUT2D eigenvalue weighted by Gasteiger charge is -2.12. The summed E-state index contributed by atoms with van der Waals surface area (Å²) in [5.74, 6) is -0.704. The summed E-state index contributed by atoms with van der Waals surface area (Å²) in [5, 5.41) is 5.81. The van der Waals surface area contributed by atoms with Gasteiger partial charge in [0.25, 0.3) is 11.8 Å². The number of hydrogen-bond acceptors (Lipinski definition) is 3. The van der Waals surface area contributed by atoms with Gasteiger partial charge < -0.3 is 10.6 Å².